The summed E-state index contributed by atoms with van der Waals surface area (Å²) in [5.41, 5.74) is 0. The zero-order chi connectivity index (χ0) is 19.0. The highest BCUT2D eigenvalue weighted by molar-refractivity contribution is 14.0. The second-order valence-corrected chi connectivity index (χ2v) is 10.2. The van der Waals surface area contributed by atoms with E-state index in [1.54, 1.807) is 28.8 Å². The quantitative estimate of drug-likeness (QED) is 0.197. The molecular weight excluding hydrogens is 515 g/mol. The van der Waals surface area contributed by atoms with Gasteiger partial charge in [-0.2, -0.15) is 0 Å². The largest absolute Gasteiger partial charge is 0.357 e. The third-order valence-electron chi connectivity index (χ3n) is 3.46. The van der Waals surface area contributed by atoms with Crippen molar-refractivity contribution < 1.29 is 8.42 Å². The van der Waals surface area contributed by atoms with Crippen LogP contribution < -0.4 is 15.4 Å². The molecule has 2 rings (SSSR count). The van der Waals surface area contributed by atoms with Gasteiger partial charge in [-0.15, -0.1) is 46.7 Å². The number of hydrogen-bond acceptors (Lipinski definition) is 5. The molecule has 2 aromatic rings. The van der Waals surface area contributed by atoms with Crippen LogP contribution in [0.15, 0.2) is 38.8 Å². The fraction of sp³-hybridized carbons (Fsp3) is 0.471. The van der Waals surface area contributed by atoms with Gasteiger partial charge in [0.05, 0.1) is 6.54 Å². The van der Waals surface area contributed by atoms with Gasteiger partial charge in [0.2, 0.25) is 10.0 Å². The third kappa shape index (κ3) is 8.46. The average Bonchev–Trinajstić information content (AvgIpc) is 3.24. The molecule has 27 heavy (non-hydrogen) atoms. The van der Waals surface area contributed by atoms with E-state index in [-0.39, 0.29) is 36.6 Å². The van der Waals surface area contributed by atoms with Gasteiger partial charge >= 0.3 is 0 Å². The highest BCUT2D eigenvalue weighted by Gasteiger charge is 2.14. The molecule has 1 unspecified atom stereocenters. The standard InChI is InChI=1S/C17H26N4O2S3.HI/c1-4-18-17(21-13(2)12-15-8-7-14(3)25-15)19-9-10-20-26(22,23)16-6-5-11-24-16;/h5-8,11,13,20H,4,9-10,12H2,1-3H3,(H2,18,19,21);1H. The topological polar surface area (TPSA) is 82.6 Å². The second-order valence-electron chi connectivity index (χ2n) is 5.85. The third-order valence-corrected chi connectivity index (χ3v) is 7.35. The first-order valence-corrected chi connectivity index (χ1v) is 11.7. The summed E-state index contributed by atoms with van der Waals surface area (Å²) in [6, 6.07) is 7.83. The Morgan fingerprint density at radius 1 is 1.30 bits per heavy atom. The molecule has 0 saturated carbocycles. The molecule has 0 aromatic carbocycles. The van der Waals surface area contributed by atoms with E-state index in [1.165, 1.54) is 21.1 Å². The summed E-state index contributed by atoms with van der Waals surface area (Å²) >= 11 is 3.01. The number of aliphatic imine (C=N–C) groups is 1. The van der Waals surface area contributed by atoms with Crippen molar-refractivity contribution in [1.29, 1.82) is 0 Å². The number of hydrogen-bond donors (Lipinski definition) is 3. The van der Waals surface area contributed by atoms with E-state index in [0.717, 1.165) is 13.0 Å². The van der Waals surface area contributed by atoms with Gasteiger partial charge in [0.1, 0.15) is 4.21 Å². The number of nitrogens with zero attached hydrogens (tertiary/aromatic N) is 1. The van der Waals surface area contributed by atoms with Crippen molar-refractivity contribution in [2.75, 3.05) is 19.6 Å². The molecule has 0 saturated heterocycles. The van der Waals surface area contributed by atoms with Crippen LogP contribution in [0, 0.1) is 6.92 Å². The second kappa shape index (κ2) is 12.0. The minimum absolute atomic E-state index is 0. The summed E-state index contributed by atoms with van der Waals surface area (Å²) in [6.07, 6.45) is 0.925. The number of halogens is 1. The lowest BCUT2D eigenvalue weighted by Gasteiger charge is -2.17. The van der Waals surface area contributed by atoms with Gasteiger partial charge in [-0.3, -0.25) is 4.99 Å². The van der Waals surface area contributed by atoms with Crippen LogP contribution in [0.4, 0.5) is 0 Å². The Morgan fingerprint density at radius 3 is 2.67 bits per heavy atom. The summed E-state index contributed by atoms with van der Waals surface area (Å²) < 4.78 is 27.0. The van der Waals surface area contributed by atoms with Crippen LogP contribution in [0.2, 0.25) is 0 Å². The van der Waals surface area contributed by atoms with E-state index in [4.69, 9.17) is 0 Å². The summed E-state index contributed by atoms with van der Waals surface area (Å²) in [4.78, 5) is 7.11. The lowest BCUT2D eigenvalue weighted by atomic mass is 10.2. The van der Waals surface area contributed by atoms with Crippen molar-refractivity contribution in [3.8, 4) is 0 Å². The Labute approximate surface area is 187 Å². The first-order chi connectivity index (χ1) is 12.4. The van der Waals surface area contributed by atoms with E-state index in [0.29, 0.717) is 16.7 Å². The Morgan fingerprint density at radius 2 is 2.07 bits per heavy atom. The molecule has 6 nitrogen and oxygen atoms in total. The maximum Gasteiger partial charge on any atom is 0.250 e. The van der Waals surface area contributed by atoms with Crippen molar-refractivity contribution in [2.45, 2.75) is 37.4 Å². The van der Waals surface area contributed by atoms with Crippen molar-refractivity contribution in [3.05, 3.63) is 39.4 Å². The molecule has 1 atom stereocenters. The van der Waals surface area contributed by atoms with Gasteiger partial charge in [-0.1, -0.05) is 6.07 Å². The van der Waals surface area contributed by atoms with Gasteiger partial charge in [0.15, 0.2) is 5.96 Å². The molecule has 0 aliphatic rings. The van der Waals surface area contributed by atoms with E-state index >= 15 is 0 Å². The van der Waals surface area contributed by atoms with Crippen LogP contribution in [0.25, 0.3) is 0 Å². The smallest absolute Gasteiger partial charge is 0.250 e. The average molecular weight is 543 g/mol. The molecule has 2 aromatic heterocycles. The summed E-state index contributed by atoms with van der Waals surface area (Å²) in [5.74, 6) is 0.698. The Kier molecular flexibility index (Phi) is 10.8. The Bertz CT molecular complexity index is 804. The maximum atomic E-state index is 12.1. The van der Waals surface area contributed by atoms with Gasteiger partial charge < -0.3 is 10.6 Å². The fourth-order valence-electron chi connectivity index (χ4n) is 2.34. The zero-order valence-electron chi connectivity index (χ0n) is 15.7. The SMILES string of the molecule is CCNC(=NCCNS(=O)(=O)c1cccs1)NC(C)Cc1ccc(C)s1.I. The molecule has 0 bridgehead atoms. The fourth-order valence-corrected chi connectivity index (χ4v) is 5.41. The summed E-state index contributed by atoms with van der Waals surface area (Å²) in [5, 5.41) is 8.31. The Hall–Kier alpha value is -0.690. The van der Waals surface area contributed by atoms with Gasteiger partial charge in [-0.05, 0) is 44.4 Å². The van der Waals surface area contributed by atoms with Gasteiger partial charge in [0, 0.05) is 35.3 Å². The van der Waals surface area contributed by atoms with Crippen molar-refractivity contribution in [3.63, 3.8) is 0 Å². The van der Waals surface area contributed by atoms with E-state index in [9.17, 15) is 8.42 Å². The molecule has 0 fully saturated rings. The number of rotatable bonds is 9. The zero-order valence-corrected chi connectivity index (χ0v) is 20.5. The van der Waals surface area contributed by atoms with E-state index in [1.807, 2.05) is 6.92 Å². The lowest BCUT2D eigenvalue weighted by Crippen LogP contribution is -2.43. The molecule has 0 amide bonds. The monoisotopic (exact) mass is 542 g/mol. The van der Waals surface area contributed by atoms with E-state index in [2.05, 4.69) is 46.3 Å². The molecule has 10 heteroatoms. The minimum Gasteiger partial charge on any atom is -0.357 e. The van der Waals surface area contributed by atoms with Gasteiger partial charge in [-0.25, -0.2) is 13.1 Å². The number of nitrogens with one attached hydrogen (secondary N) is 3. The normalized spacial score (nSPS) is 13.1. The molecular formula is C17H27IN4O2S3. The Balaban J connectivity index is 0.00000364. The lowest BCUT2D eigenvalue weighted by molar-refractivity contribution is 0.584. The molecule has 2 heterocycles. The molecule has 0 aliphatic carbocycles. The predicted molar refractivity (Wildman–Crippen MR) is 126 cm³/mol. The number of sulfonamides is 1. The minimum atomic E-state index is -3.43. The summed E-state index contributed by atoms with van der Waals surface area (Å²) in [7, 11) is -3.43. The highest BCUT2D eigenvalue weighted by Crippen LogP contribution is 2.16. The maximum absolute atomic E-state index is 12.1. The van der Waals surface area contributed by atoms with Crippen molar-refractivity contribution in [1.82, 2.24) is 15.4 Å². The predicted octanol–water partition coefficient (Wildman–Crippen LogP) is 3.20. The van der Waals surface area contributed by atoms with Crippen LogP contribution in [-0.4, -0.2) is 40.1 Å². The number of aryl methyl sites for hydroxylation is 1. The number of guanidine groups is 1. The van der Waals surface area contributed by atoms with Crippen LogP contribution in [-0.2, 0) is 16.4 Å². The van der Waals surface area contributed by atoms with Crippen LogP contribution in [0.5, 0.6) is 0 Å². The van der Waals surface area contributed by atoms with Crippen molar-refractivity contribution in [2.24, 2.45) is 4.99 Å². The first kappa shape index (κ1) is 24.3. The summed E-state index contributed by atoms with van der Waals surface area (Å²) in [6.45, 7) is 7.60. The first-order valence-electron chi connectivity index (χ1n) is 8.54. The van der Waals surface area contributed by atoms with Crippen molar-refractivity contribution >= 4 is 62.6 Å². The molecule has 0 spiro atoms. The number of thiophene rings is 2. The molecule has 3 N–H and O–H groups in total. The van der Waals surface area contributed by atoms with Crippen LogP contribution >= 0.6 is 46.7 Å². The van der Waals surface area contributed by atoms with Crippen LogP contribution in [0.1, 0.15) is 23.6 Å². The molecule has 0 radical (unpaired) electrons. The molecule has 0 aliphatic heterocycles. The molecule has 152 valence electrons. The van der Waals surface area contributed by atoms with E-state index < -0.39 is 10.0 Å². The highest BCUT2D eigenvalue weighted by atomic mass is 127. The van der Waals surface area contributed by atoms with Gasteiger partial charge in [0.25, 0.3) is 0 Å². The van der Waals surface area contributed by atoms with Crippen LogP contribution in [0.3, 0.4) is 0 Å².